The van der Waals surface area contributed by atoms with E-state index in [-0.39, 0.29) is 0 Å². The molecule has 0 aliphatic heterocycles. The summed E-state index contributed by atoms with van der Waals surface area (Å²) < 4.78 is 2.70. The molecule has 0 amide bonds. The van der Waals surface area contributed by atoms with E-state index in [9.17, 15) is 0 Å². The first-order chi connectivity index (χ1) is 12.3. The Labute approximate surface area is 152 Å². The molecule has 0 radical (unpaired) electrons. The fourth-order valence-corrected chi connectivity index (χ4v) is 8.21. The molecular weight excluding hydrogens is 321 g/mol. The maximum atomic E-state index is 2.70. The van der Waals surface area contributed by atoms with Crippen LogP contribution in [0.2, 0.25) is 0 Å². The van der Waals surface area contributed by atoms with Crippen LogP contribution in [0.15, 0.2) is 91.0 Å². The molecule has 0 atom stereocenters. The van der Waals surface area contributed by atoms with Crippen LogP contribution >= 0.6 is 7.41 Å². The zero-order chi connectivity index (χ0) is 17.5. The average molecular weight is 348 g/mol. The van der Waals surface area contributed by atoms with Crippen LogP contribution < -0.4 is 10.6 Å². The van der Waals surface area contributed by atoms with E-state index in [4.69, 9.17) is 0 Å². The maximum Gasteiger partial charge on any atom is 0.153 e. The molecule has 0 aliphatic rings. The summed E-state index contributed by atoms with van der Waals surface area (Å²) in [5.74, 6) is 0. The van der Waals surface area contributed by atoms with Crippen molar-refractivity contribution in [1.29, 1.82) is 0 Å². The highest BCUT2D eigenvalue weighted by atomic mass is 31.2. The molecule has 3 aromatic rings. The highest BCUT2D eigenvalue weighted by Gasteiger charge is 2.47. The summed E-state index contributed by atoms with van der Waals surface area (Å²) >= 11 is 0. The van der Waals surface area contributed by atoms with Gasteiger partial charge in [-0.15, -0.1) is 0 Å². The van der Waals surface area contributed by atoms with Gasteiger partial charge in [0.1, 0.15) is 16.8 Å². The first kappa shape index (κ1) is 17.9. The lowest BCUT2D eigenvalue weighted by molar-refractivity contribution is 0.503. The zero-order valence-electron chi connectivity index (χ0n) is 15.2. The lowest BCUT2D eigenvalue weighted by Crippen LogP contribution is -2.38. The molecule has 0 N–H and O–H groups in total. The number of nitrogens with zero attached hydrogens (tertiary/aromatic N) is 1. The van der Waals surface area contributed by atoms with E-state index in [1.807, 2.05) is 0 Å². The molecule has 128 valence electrons. The number of rotatable bonds is 7. The first-order valence-corrected chi connectivity index (χ1v) is 11.0. The molecule has 0 unspecified atom stereocenters. The molecule has 0 saturated heterocycles. The molecule has 0 saturated carbocycles. The number of benzene rings is 3. The summed E-state index contributed by atoms with van der Waals surface area (Å²) in [7, 11) is -1.70. The lowest BCUT2D eigenvalue weighted by atomic mass is 10.2. The smallest absolute Gasteiger partial charge is 0.153 e. The zero-order valence-corrected chi connectivity index (χ0v) is 16.1. The van der Waals surface area contributed by atoms with Crippen LogP contribution in [-0.4, -0.2) is 17.8 Å². The van der Waals surface area contributed by atoms with Gasteiger partial charge in [-0.2, -0.15) is 4.67 Å². The molecule has 2 heteroatoms. The van der Waals surface area contributed by atoms with Crippen LogP contribution in [0.5, 0.6) is 0 Å². The summed E-state index contributed by atoms with van der Waals surface area (Å²) in [6.07, 6.45) is 1.07. The second-order valence-electron chi connectivity index (χ2n) is 6.22. The second-order valence-corrected chi connectivity index (χ2v) is 9.68. The predicted molar refractivity (Wildman–Crippen MR) is 112 cm³/mol. The molecule has 3 aromatic carbocycles. The van der Waals surface area contributed by atoms with Crippen LogP contribution in [0, 0.1) is 0 Å². The summed E-state index contributed by atoms with van der Waals surface area (Å²) in [5.41, 5.74) is 1.41. The Hall–Kier alpha value is -1.95. The van der Waals surface area contributed by atoms with Crippen LogP contribution in [0.4, 0.5) is 0 Å². The van der Waals surface area contributed by atoms with Gasteiger partial charge in [0.25, 0.3) is 0 Å². The van der Waals surface area contributed by atoms with Crippen molar-refractivity contribution in [3.63, 3.8) is 0 Å². The average Bonchev–Trinajstić information content (AvgIpc) is 2.70. The van der Waals surface area contributed by atoms with Gasteiger partial charge in [-0.1, -0.05) is 66.7 Å². The molecular formula is C23H27NP+. The molecule has 0 fully saturated rings. The molecule has 25 heavy (non-hydrogen) atoms. The summed E-state index contributed by atoms with van der Waals surface area (Å²) in [5, 5.41) is 2.93. The van der Waals surface area contributed by atoms with E-state index in [1.165, 1.54) is 16.2 Å². The molecule has 0 bridgehead atoms. The quantitative estimate of drug-likeness (QED) is 0.536. The van der Waals surface area contributed by atoms with Gasteiger partial charge >= 0.3 is 0 Å². The van der Waals surface area contributed by atoms with Crippen molar-refractivity contribution >= 4 is 18.0 Å². The largest absolute Gasteiger partial charge is 0.171 e. The van der Waals surface area contributed by atoms with Crippen LogP contribution in [0.3, 0.4) is 0 Å². The fraction of sp³-hybridized carbons (Fsp3) is 0.217. The molecule has 0 heterocycles. The van der Waals surface area contributed by atoms with Gasteiger partial charge < -0.3 is 0 Å². The molecule has 0 spiro atoms. The highest BCUT2D eigenvalue weighted by Crippen LogP contribution is 2.62. The summed E-state index contributed by atoms with van der Waals surface area (Å²) in [4.78, 5) is 0. The minimum Gasteiger partial charge on any atom is -0.171 e. The molecule has 0 aromatic heterocycles. The van der Waals surface area contributed by atoms with E-state index in [0.717, 1.165) is 19.3 Å². The molecule has 1 nitrogen and oxygen atoms in total. The van der Waals surface area contributed by atoms with Crippen molar-refractivity contribution < 1.29 is 0 Å². The van der Waals surface area contributed by atoms with Crippen molar-refractivity contribution in [3.8, 4) is 0 Å². The van der Waals surface area contributed by atoms with E-state index in [2.05, 4.69) is 110 Å². The Morgan fingerprint density at radius 1 is 0.600 bits per heavy atom. The van der Waals surface area contributed by atoms with E-state index in [1.54, 1.807) is 0 Å². The normalized spacial score (nSPS) is 11.6. The van der Waals surface area contributed by atoms with Crippen LogP contribution in [-0.2, 0) is 6.16 Å². The van der Waals surface area contributed by atoms with E-state index in [0.29, 0.717) is 0 Å². The van der Waals surface area contributed by atoms with Gasteiger partial charge in [-0.05, 0) is 43.7 Å². The fourth-order valence-electron chi connectivity index (χ4n) is 3.66. The minimum atomic E-state index is -1.70. The predicted octanol–water partition coefficient (Wildman–Crippen LogP) is 5.11. The Balaban J connectivity index is 2.23. The molecule has 3 rings (SSSR count). The Bertz CT molecular complexity index is 712. The van der Waals surface area contributed by atoms with Gasteiger partial charge in [0, 0.05) is 13.1 Å². The Kier molecular flexibility index (Phi) is 6.02. The first-order valence-electron chi connectivity index (χ1n) is 9.10. The third kappa shape index (κ3) is 3.68. The number of hydrogen-bond donors (Lipinski definition) is 0. The lowest BCUT2D eigenvalue weighted by Gasteiger charge is -2.36. The van der Waals surface area contributed by atoms with Crippen molar-refractivity contribution in [2.45, 2.75) is 20.0 Å². The van der Waals surface area contributed by atoms with Gasteiger partial charge in [0.2, 0.25) is 0 Å². The van der Waals surface area contributed by atoms with Crippen molar-refractivity contribution in [1.82, 2.24) is 4.67 Å². The van der Waals surface area contributed by atoms with Gasteiger partial charge in [-0.25, -0.2) is 0 Å². The molecule has 0 aliphatic carbocycles. The van der Waals surface area contributed by atoms with Crippen molar-refractivity contribution in [3.05, 3.63) is 96.6 Å². The van der Waals surface area contributed by atoms with Crippen LogP contribution in [0.1, 0.15) is 19.4 Å². The third-order valence-corrected chi connectivity index (χ3v) is 9.49. The van der Waals surface area contributed by atoms with Crippen molar-refractivity contribution in [2.75, 3.05) is 13.1 Å². The highest BCUT2D eigenvalue weighted by molar-refractivity contribution is 7.86. The maximum absolute atomic E-state index is 2.70. The third-order valence-electron chi connectivity index (χ3n) is 4.83. The summed E-state index contributed by atoms with van der Waals surface area (Å²) in [6.45, 7) is 6.69. The summed E-state index contributed by atoms with van der Waals surface area (Å²) in [6, 6.07) is 33.2. The topological polar surface area (TPSA) is 3.24 Å². The Morgan fingerprint density at radius 2 is 1.00 bits per heavy atom. The van der Waals surface area contributed by atoms with E-state index >= 15 is 0 Å². The monoisotopic (exact) mass is 348 g/mol. The standard InChI is InChI=1S/C23H27NP/c1-3-24(4-2)25(22-16-10-6-11-17-22,23-18-12-7-13-19-23)20-21-14-8-5-9-15-21/h5-19H,3-4,20H2,1-2H3/q+1. The minimum absolute atomic E-state index is 1.06. The SMILES string of the molecule is CCN(CC)[P+](Cc1ccccc1)(c1ccccc1)c1ccccc1. The van der Waals surface area contributed by atoms with Crippen LogP contribution in [0.25, 0.3) is 0 Å². The van der Waals surface area contributed by atoms with Gasteiger partial charge in [0.05, 0.1) is 0 Å². The number of hydrogen-bond acceptors (Lipinski definition) is 1. The van der Waals surface area contributed by atoms with E-state index < -0.39 is 7.41 Å². The van der Waals surface area contributed by atoms with Gasteiger partial charge in [-0.3, -0.25) is 0 Å². The second kappa shape index (κ2) is 8.43. The van der Waals surface area contributed by atoms with Crippen molar-refractivity contribution in [2.24, 2.45) is 0 Å². The van der Waals surface area contributed by atoms with Gasteiger partial charge in [0.15, 0.2) is 7.41 Å². The Morgan fingerprint density at radius 3 is 1.40 bits per heavy atom.